The van der Waals surface area contributed by atoms with Crippen LogP contribution in [0.15, 0.2) is 224 Å². The summed E-state index contributed by atoms with van der Waals surface area (Å²) in [7, 11) is 0. The first-order chi connectivity index (χ1) is 29.8. The second-order valence-electron chi connectivity index (χ2n) is 15.6. The van der Waals surface area contributed by atoms with Gasteiger partial charge < -0.3 is 4.90 Å². The topological polar surface area (TPSA) is 3.24 Å². The van der Waals surface area contributed by atoms with E-state index in [0.717, 1.165) is 17.1 Å². The molecule has 0 radical (unpaired) electrons. The minimum atomic E-state index is 1.11. The van der Waals surface area contributed by atoms with E-state index in [2.05, 4.69) is 229 Å². The fourth-order valence-electron chi connectivity index (χ4n) is 9.47. The van der Waals surface area contributed by atoms with Gasteiger partial charge in [-0.05, 0) is 120 Å². The molecule has 12 rings (SSSR count). The number of rotatable bonds is 6. The van der Waals surface area contributed by atoms with Crippen LogP contribution >= 0.6 is 11.3 Å². The average molecular weight is 780 g/mol. The van der Waals surface area contributed by atoms with E-state index in [0.29, 0.717) is 0 Å². The molecule has 1 aromatic heterocycles. The van der Waals surface area contributed by atoms with E-state index in [9.17, 15) is 0 Å². The molecule has 0 saturated carbocycles. The van der Waals surface area contributed by atoms with Gasteiger partial charge in [-0.2, -0.15) is 0 Å². The van der Waals surface area contributed by atoms with Crippen molar-refractivity contribution in [2.24, 2.45) is 0 Å². The number of thiophene rings is 1. The maximum Gasteiger partial charge on any atom is 0.0555 e. The van der Waals surface area contributed by atoms with Crippen LogP contribution < -0.4 is 4.90 Å². The molecule has 1 nitrogen and oxygen atoms in total. The minimum Gasteiger partial charge on any atom is -0.309 e. The van der Waals surface area contributed by atoms with Gasteiger partial charge in [0, 0.05) is 31.2 Å². The van der Waals surface area contributed by atoms with Crippen LogP contribution in [0.5, 0.6) is 0 Å². The van der Waals surface area contributed by atoms with Gasteiger partial charge in [0.2, 0.25) is 0 Å². The van der Waals surface area contributed by atoms with E-state index in [1.54, 1.807) is 0 Å². The smallest absolute Gasteiger partial charge is 0.0555 e. The number of hydrogen-bond donors (Lipinski definition) is 0. The van der Waals surface area contributed by atoms with E-state index in [4.69, 9.17) is 0 Å². The predicted octanol–water partition coefficient (Wildman–Crippen LogP) is 17.1. The summed E-state index contributed by atoms with van der Waals surface area (Å²) >= 11 is 1.88. The lowest BCUT2D eigenvalue weighted by atomic mass is 9.90. The molecule has 12 aromatic rings. The highest BCUT2D eigenvalue weighted by atomic mass is 32.1. The molecule has 0 fully saturated rings. The van der Waals surface area contributed by atoms with Gasteiger partial charge in [-0.25, -0.2) is 0 Å². The lowest BCUT2D eigenvalue weighted by Crippen LogP contribution is -2.11. The summed E-state index contributed by atoms with van der Waals surface area (Å²) in [5.74, 6) is 0. The Kier molecular flexibility index (Phi) is 8.11. The average Bonchev–Trinajstić information content (AvgIpc) is 3.69. The van der Waals surface area contributed by atoms with Gasteiger partial charge in [0.1, 0.15) is 0 Å². The lowest BCUT2D eigenvalue weighted by molar-refractivity contribution is 1.32. The van der Waals surface area contributed by atoms with Crippen molar-refractivity contribution in [3.05, 3.63) is 224 Å². The summed E-state index contributed by atoms with van der Waals surface area (Å²) in [5, 5.41) is 12.5. The van der Waals surface area contributed by atoms with Crippen LogP contribution in [0.3, 0.4) is 0 Å². The van der Waals surface area contributed by atoms with Crippen molar-refractivity contribution in [3.63, 3.8) is 0 Å². The zero-order valence-corrected chi connectivity index (χ0v) is 33.5. The third-order valence-corrected chi connectivity index (χ3v) is 13.3. The second-order valence-corrected chi connectivity index (χ2v) is 16.7. The van der Waals surface area contributed by atoms with Crippen LogP contribution in [0.25, 0.3) is 96.6 Å². The largest absolute Gasteiger partial charge is 0.309 e. The summed E-state index contributed by atoms with van der Waals surface area (Å²) in [5.41, 5.74) is 10.7. The Bertz CT molecular complexity index is 3600. The summed E-state index contributed by atoms with van der Waals surface area (Å²) in [6, 6.07) is 82.7. The van der Waals surface area contributed by atoms with Crippen LogP contribution in [0, 0.1) is 0 Å². The van der Waals surface area contributed by atoms with Crippen molar-refractivity contribution in [1.29, 1.82) is 0 Å². The van der Waals surface area contributed by atoms with Gasteiger partial charge in [-0.3, -0.25) is 0 Å². The van der Waals surface area contributed by atoms with E-state index < -0.39 is 0 Å². The van der Waals surface area contributed by atoms with Crippen LogP contribution in [0.1, 0.15) is 0 Å². The van der Waals surface area contributed by atoms with E-state index in [1.807, 2.05) is 11.3 Å². The third kappa shape index (κ3) is 5.61. The van der Waals surface area contributed by atoms with Crippen molar-refractivity contribution >= 4 is 91.7 Å². The van der Waals surface area contributed by atoms with Crippen LogP contribution in [-0.2, 0) is 0 Å². The molecule has 2 heteroatoms. The first-order valence-corrected chi connectivity index (χ1v) is 21.4. The van der Waals surface area contributed by atoms with E-state index in [1.165, 1.54) is 96.6 Å². The van der Waals surface area contributed by atoms with E-state index in [-0.39, 0.29) is 0 Å². The van der Waals surface area contributed by atoms with Crippen molar-refractivity contribution < 1.29 is 0 Å². The number of anilines is 3. The number of hydrogen-bond acceptors (Lipinski definition) is 2. The highest BCUT2D eigenvalue weighted by Crippen LogP contribution is 2.50. The van der Waals surface area contributed by atoms with Crippen molar-refractivity contribution in [2.75, 3.05) is 4.90 Å². The Balaban J connectivity index is 1.16. The first kappa shape index (κ1) is 34.5. The van der Waals surface area contributed by atoms with Crippen LogP contribution in [-0.4, -0.2) is 0 Å². The molecule has 280 valence electrons. The molecule has 0 N–H and O–H groups in total. The molecule has 0 saturated heterocycles. The zero-order valence-electron chi connectivity index (χ0n) is 32.7. The van der Waals surface area contributed by atoms with Gasteiger partial charge in [-0.1, -0.05) is 176 Å². The Hall–Kier alpha value is -7.52. The minimum absolute atomic E-state index is 1.11. The van der Waals surface area contributed by atoms with Gasteiger partial charge in [0.25, 0.3) is 0 Å². The summed E-state index contributed by atoms with van der Waals surface area (Å²) in [4.78, 5) is 2.52. The maximum absolute atomic E-state index is 2.52. The normalized spacial score (nSPS) is 11.7. The fraction of sp³-hybridized carbons (Fsp3) is 0. The highest BCUT2D eigenvalue weighted by Gasteiger charge is 2.23. The van der Waals surface area contributed by atoms with Crippen molar-refractivity contribution in [3.8, 4) is 33.4 Å². The fourth-order valence-corrected chi connectivity index (χ4v) is 10.6. The summed E-state index contributed by atoms with van der Waals surface area (Å²) in [6.45, 7) is 0. The van der Waals surface area contributed by atoms with Crippen molar-refractivity contribution in [2.45, 2.75) is 0 Å². The highest BCUT2D eigenvalue weighted by molar-refractivity contribution is 7.26. The molecule has 0 spiro atoms. The molecule has 0 aliphatic rings. The van der Waals surface area contributed by atoms with Gasteiger partial charge >= 0.3 is 0 Å². The van der Waals surface area contributed by atoms with Crippen LogP contribution in [0.2, 0.25) is 0 Å². The molecule has 60 heavy (non-hydrogen) atoms. The molecule has 0 atom stereocenters. The molecule has 11 aromatic carbocycles. The lowest BCUT2D eigenvalue weighted by Gasteiger charge is -2.29. The SMILES string of the molecule is c1ccc(-c2ccc(N(c3ccc(-c4cc5ccccc5c5ccccc45)c4ccccc34)c3cccc4sc5cc6ccccc6cc5c34)cc2-c2ccccc2)cc1. The molecule has 1 heterocycles. The van der Waals surface area contributed by atoms with Crippen molar-refractivity contribution in [1.82, 2.24) is 0 Å². The number of benzene rings is 11. The quantitative estimate of drug-likeness (QED) is 0.152. The summed E-state index contributed by atoms with van der Waals surface area (Å²) < 4.78 is 2.57. The molecule has 0 aliphatic carbocycles. The predicted molar refractivity (Wildman–Crippen MR) is 260 cm³/mol. The molecule has 0 amide bonds. The summed E-state index contributed by atoms with van der Waals surface area (Å²) in [6.07, 6.45) is 0. The second kappa shape index (κ2) is 14.1. The first-order valence-electron chi connectivity index (χ1n) is 20.6. The Labute approximate surface area is 352 Å². The molecular formula is C58H37NS. The number of nitrogens with zero attached hydrogens (tertiary/aromatic N) is 1. The molecule has 0 unspecified atom stereocenters. The maximum atomic E-state index is 2.52. The van der Waals surface area contributed by atoms with Gasteiger partial charge in [-0.15, -0.1) is 11.3 Å². The standard InChI is InChI=1S/C58H37NS/c1-3-16-38(17-4-1)45-31-30-43(37-51(45)39-18-5-2-6-19-39)59(55-28-15-29-56-58(55)53-34-40-20-7-8-21-41(40)36-57(53)60-56)54-33-32-49(47-25-13-14-27-50(47)54)52-35-42-22-9-10-23-44(42)46-24-11-12-26-48(46)52/h1-37H. The van der Waals surface area contributed by atoms with Crippen LogP contribution in [0.4, 0.5) is 17.1 Å². The Morgan fingerprint density at radius 1 is 0.283 bits per heavy atom. The zero-order chi connectivity index (χ0) is 39.6. The Morgan fingerprint density at radius 2 is 0.867 bits per heavy atom. The Morgan fingerprint density at radius 3 is 1.62 bits per heavy atom. The van der Waals surface area contributed by atoms with Gasteiger partial charge in [0.05, 0.1) is 11.4 Å². The van der Waals surface area contributed by atoms with Gasteiger partial charge in [0.15, 0.2) is 0 Å². The third-order valence-electron chi connectivity index (χ3n) is 12.2. The van der Waals surface area contributed by atoms with E-state index >= 15 is 0 Å². The monoisotopic (exact) mass is 779 g/mol. The molecule has 0 bridgehead atoms. The molecule has 0 aliphatic heterocycles. The molecular weight excluding hydrogens is 743 g/mol. The number of fused-ring (bicyclic) bond motifs is 8.